The Kier molecular flexibility index (Phi) is 3.83. The van der Waals surface area contributed by atoms with Gasteiger partial charge in [0, 0.05) is 22.7 Å². The Morgan fingerprint density at radius 1 is 1.09 bits per heavy atom. The third kappa shape index (κ3) is 2.68. The van der Waals surface area contributed by atoms with Gasteiger partial charge in [-0.3, -0.25) is 9.78 Å². The summed E-state index contributed by atoms with van der Waals surface area (Å²) in [5, 5.41) is 3.62. The van der Waals surface area contributed by atoms with Gasteiger partial charge in [0.05, 0.1) is 11.6 Å². The van der Waals surface area contributed by atoms with E-state index >= 15 is 0 Å². The van der Waals surface area contributed by atoms with Gasteiger partial charge in [0.1, 0.15) is 5.82 Å². The van der Waals surface area contributed by atoms with Crippen molar-refractivity contribution in [1.29, 1.82) is 0 Å². The molecule has 0 fully saturated rings. The molecule has 1 heterocycles. The van der Waals surface area contributed by atoms with E-state index in [-0.39, 0.29) is 11.7 Å². The zero-order chi connectivity index (χ0) is 15.5. The summed E-state index contributed by atoms with van der Waals surface area (Å²) in [6.45, 7) is 1.76. The fourth-order valence-electron chi connectivity index (χ4n) is 2.48. The topological polar surface area (TPSA) is 42.0 Å². The van der Waals surface area contributed by atoms with Gasteiger partial charge in [-0.15, -0.1) is 0 Å². The minimum absolute atomic E-state index is 0.241. The average molecular weight is 294 g/mol. The van der Waals surface area contributed by atoms with E-state index in [2.05, 4.69) is 10.3 Å². The van der Waals surface area contributed by atoms with Crippen molar-refractivity contribution in [2.45, 2.75) is 13.0 Å². The van der Waals surface area contributed by atoms with E-state index in [1.165, 1.54) is 6.07 Å². The summed E-state index contributed by atoms with van der Waals surface area (Å²) in [7, 11) is 0. The van der Waals surface area contributed by atoms with Crippen LogP contribution in [0.4, 0.5) is 4.39 Å². The lowest BCUT2D eigenvalue weighted by Gasteiger charge is -2.15. The standard InChI is InChI=1S/C18H15FN2O/c1-12(13-6-2-3-9-16(13)19)21-18(22)15-7-4-10-17-14(15)8-5-11-20-17/h2-12H,1H3,(H,21,22). The van der Waals surface area contributed by atoms with Crippen LogP contribution in [-0.2, 0) is 0 Å². The van der Waals surface area contributed by atoms with Gasteiger partial charge in [-0.2, -0.15) is 0 Å². The molecule has 2 aromatic carbocycles. The molecule has 0 bridgehead atoms. The molecule has 3 rings (SSSR count). The highest BCUT2D eigenvalue weighted by Crippen LogP contribution is 2.20. The monoisotopic (exact) mass is 294 g/mol. The molecular weight excluding hydrogens is 279 g/mol. The Morgan fingerprint density at radius 2 is 1.91 bits per heavy atom. The second-order valence-electron chi connectivity index (χ2n) is 5.09. The highest BCUT2D eigenvalue weighted by molar-refractivity contribution is 6.06. The molecule has 3 aromatic rings. The van der Waals surface area contributed by atoms with Crippen LogP contribution in [-0.4, -0.2) is 10.9 Å². The Labute approximate surface area is 127 Å². The van der Waals surface area contributed by atoms with E-state index in [0.717, 1.165) is 10.9 Å². The molecule has 110 valence electrons. The predicted molar refractivity (Wildman–Crippen MR) is 84.0 cm³/mol. The minimum Gasteiger partial charge on any atom is -0.345 e. The fraction of sp³-hybridized carbons (Fsp3) is 0.111. The zero-order valence-corrected chi connectivity index (χ0v) is 12.1. The molecule has 1 atom stereocenters. The zero-order valence-electron chi connectivity index (χ0n) is 12.1. The number of pyridine rings is 1. The van der Waals surface area contributed by atoms with Crippen molar-refractivity contribution in [3.05, 3.63) is 77.7 Å². The van der Waals surface area contributed by atoms with Gasteiger partial charge in [0.2, 0.25) is 0 Å². The highest BCUT2D eigenvalue weighted by atomic mass is 19.1. The van der Waals surface area contributed by atoms with Crippen LogP contribution in [0.5, 0.6) is 0 Å². The Hall–Kier alpha value is -2.75. The van der Waals surface area contributed by atoms with Crippen molar-refractivity contribution in [3.8, 4) is 0 Å². The SMILES string of the molecule is CC(NC(=O)c1cccc2ncccc12)c1ccccc1F. The first-order valence-electron chi connectivity index (χ1n) is 7.06. The number of amides is 1. The van der Waals surface area contributed by atoms with Crippen LogP contribution < -0.4 is 5.32 Å². The van der Waals surface area contributed by atoms with E-state index in [9.17, 15) is 9.18 Å². The fourth-order valence-corrected chi connectivity index (χ4v) is 2.48. The highest BCUT2D eigenvalue weighted by Gasteiger charge is 2.16. The third-order valence-corrected chi connectivity index (χ3v) is 3.61. The van der Waals surface area contributed by atoms with Crippen LogP contribution in [0.15, 0.2) is 60.8 Å². The van der Waals surface area contributed by atoms with Gasteiger partial charge in [-0.1, -0.05) is 30.3 Å². The molecule has 3 nitrogen and oxygen atoms in total. The van der Waals surface area contributed by atoms with Gasteiger partial charge in [-0.25, -0.2) is 4.39 Å². The number of hydrogen-bond donors (Lipinski definition) is 1. The summed E-state index contributed by atoms with van der Waals surface area (Å²) in [6.07, 6.45) is 1.69. The number of aromatic nitrogens is 1. The first-order chi connectivity index (χ1) is 10.7. The predicted octanol–water partition coefficient (Wildman–Crippen LogP) is 3.86. The first-order valence-corrected chi connectivity index (χ1v) is 7.06. The number of carbonyl (C=O) groups excluding carboxylic acids is 1. The van der Waals surface area contributed by atoms with Crippen molar-refractivity contribution in [2.75, 3.05) is 0 Å². The molecule has 22 heavy (non-hydrogen) atoms. The van der Waals surface area contributed by atoms with E-state index in [0.29, 0.717) is 11.1 Å². The molecule has 1 unspecified atom stereocenters. The van der Waals surface area contributed by atoms with Crippen LogP contribution in [0, 0.1) is 5.82 Å². The van der Waals surface area contributed by atoms with Crippen LogP contribution in [0.25, 0.3) is 10.9 Å². The number of nitrogens with zero attached hydrogens (tertiary/aromatic N) is 1. The summed E-state index contributed by atoms with van der Waals surface area (Å²) < 4.78 is 13.8. The molecule has 0 saturated heterocycles. The summed E-state index contributed by atoms with van der Waals surface area (Å²) in [5.74, 6) is -0.566. The van der Waals surface area contributed by atoms with Crippen LogP contribution in [0.2, 0.25) is 0 Å². The molecule has 1 N–H and O–H groups in total. The van der Waals surface area contributed by atoms with Crippen LogP contribution >= 0.6 is 0 Å². The van der Waals surface area contributed by atoms with E-state index in [4.69, 9.17) is 0 Å². The summed E-state index contributed by atoms with van der Waals surface area (Å²) >= 11 is 0. The Balaban J connectivity index is 1.89. The van der Waals surface area contributed by atoms with Gasteiger partial charge >= 0.3 is 0 Å². The lowest BCUT2D eigenvalue weighted by molar-refractivity contribution is 0.0941. The van der Waals surface area contributed by atoms with Gasteiger partial charge in [0.15, 0.2) is 0 Å². The molecule has 1 amide bonds. The average Bonchev–Trinajstić information content (AvgIpc) is 2.54. The Bertz CT molecular complexity index is 827. The number of benzene rings is 2. The maximum atomic E-state index is 13.8. The van der Waals surface area contributed by atoms with Crippen LogP contribution in [0.3, 0.4) is 0 Å². The largest absolute Gasteiger partial charge is 0.345 e. The number of rotatable bonds is 3. The van der Waals surface area contributed by atoms with Gasteiger partial charge in [0.25, 0.3) is 5.91 Å². The number of fused-ring (bicyclic) bond motifs is 1. The van der Waals surface area contributed by atoms with Crippen molar-refractivity contribution in [2.24, 2.45) is 0 Å². The smallest absolute Gasteiger partial charge is 0.252 e. The third-order valence-electron chi connectivity index (χ3n) is 3.61. The normalized spacial score (nSPS) is 12.1. The number of hydrogen-bond acceptors (Lipinski definition) is 2. The van der Waals surface area contributed by atoms with E-state index < -0.39 is 6.04 Å². The molecule has 0 radical (unpaired) electrons. The molecule has 0 saturated carbocycles. The summed E-state index contributed by atoms with van der Waals surface area (Å²) in [6, 6.07) is 15.1. The molecule has 0 aliphatic carbocycles. The van der Waals surface area contributed by atoms with Gasteiger partial charge in [-0.05, 0) is 31.2 Å². The molecule has 0 aliphatic rings. The molecule has 1 aromatic heterocycles. The number of nitrogens with one attached hydrogen (secondary N) is 1. The van der Waals surface area contributed by atoms with Gasteiger partial charge < -0.3 is 5.32 Å². The molecule has 0 spiro atoms. The first kappa shape index (κ1) is 14.2. The van der Waals surface area contributed by atoms with Crippen molar-refractivity contribution in [3.63, 3.8) is 0 Å². The second kappa shape index (κ2) is 5.93. The maximum absolute atomic E-state index is 13.8. The van der Waals surface area contributed by atoms with Crippen LogP contribution in [0.1, 0.15) is 28.9 Å². The quantitative estimate of drug-likeness (QED) is 0.797. The van der Waals surface area contributed by atoms with E-state index in [1.807, 2.05) is 12.1 Å². The minimum atomic E-state index is -0.416. The lowest BCUT2D eigenvalue weighted by atomic mass is 10.1. The molecule has 0 aliphatic heterocycles. The van der Waals surface area contributed by atoms with E-state index in [1.54, 1.807) is 49.5 Å². The van der Waals surface area contributed by atoms with Crippen molar-refractivity contribution >= 4 is 16.8 Å². The maximum Gasteiger partial charge on any atom is 0.252 e. The molecular formula is C18H15FN2O. The summed E-state index contributed by atoms with van der Waals surface area (Å²) in [4.78, 5) is 16.7. The lowest BCUT2D eigenvalue weighted by Crippen LogP contribution is -2.27. The Morgan fingerprint density at radius 3 is 2.73 bits per heavy atom. The molecule has 4 heteroatoms. The van der Waals surface area contributed by atoms with Crippen molar-refractivity contribution < 1.29 is 9.18 Å². The number of carbonyl (C=O) groups is 1. The van der Waals surface area contributed by atoms with Crippen molar-refractivity contribution in [1.82, 2.24) is 10.3 Å². The number of halogens is 1. The second-order valence-corrected chi connectivity index (χ2v) is 5.09. The summed E-state index contributed by atoms with van der Waals surface area (Å²) in [5.41, 5.74) is 1.76.